The Kier molecular flexibility index (Phi) is 2.52. The van der Waals surface area contributed by atoms with E-state index < -0.39 is 18.2 Å². The number of aliphatic hydroxyl groups excluding tert-OH is 2. The van der Waals surface area contributed by atoms with Gasteiger partial charge >= 0.3 is 0 Å². The number of hydrogen-bond acceptors (Lipinski definition) is 4. The largest absolute Gasteiger partial charge is 0.545 e. The predicted molar refractivity (Wildman–Crippen MR) is 39.0 cm³/mol. The fraction of sp³-hybridized carbons (Fsp3) is 0.286. The number of hydrogen-bond donors (Lipinski definition) is 2. The van der Waals surface area contributed by atoms with Crippen molar-refractivity contribution in [3.05, 3.63) is 22.8 Å². The summed E-state index contributed by atoms with van der Waals surface area (Å²) in [6.07, 6.45) is -0.559. The van der Waals surface area contributed by atoms with Crippen molar-refractivity contribution in [1.29, 1.82) is 0 Å². The average Bonchev–Trinajstić information content (AvgIpc) is 2.00. The molecular weight excluding hydrogens is 184 g/mol. The number of allylic oxidation sites excluding steroid dienone is 2. The Bertz CT molecular complexity index is 269. The van der Waals surface area contributed by atoms with Gasteiger partial charge < -0.3 is 20.1 Å². The number of halogens is 1. The molecule has 0 spiro atoms. The first kappa shape index (κ1) is 9.25. The van der Waals surface area contributed by atoms with Gasteiger partial charge in [0.2, 0.25) is 0 Å². The second-order valence-electron chi connectivity index (χ2n) is 2.35. The van der Waals surface area contributed by atoms with Gasteiger partial charge in [-0.3, -0.25) is 0 Å². The number of carbonyl (C=O) groups is 1. The molecule has 0 fully saturated rings. The average molecular weight is 190 g/mol. The Labute approximate surface area is 73.4 Å². The van der Waals surface area contributed by atoms with Gasteiger partial charge in [-0.1, -0.05) is 17.7 Å². The number of carbonyl (C=O) groups excluding carboxylic acids is 1. The SMILES string of the molecule is O=C([O-])C1=CC=C(Cl)[C@H](O)[C@@H]1O. The molecule has 5 heteroatoms. The van der Waals surface area contributed by atoms with Crippen LogP contribution in [-0.2, 0) is 4.79 Å². The summed E-state index contributed by atoms with van der Waals surface area (Å²) in [6.45, 7) is 0. The third-order valence-electron chi connectivity index (χ3n) is 1.56. The topological polar surface area (TPSA) is 80.6 Å². The summed E-state index contributed by atoms with van der Waals surface area (Å²) in [6, 6.07) is 0. The fourth-order valence-corrected chi connectivity index (χ4v) is 1.06. The molecule has 0 bridgehead atoms. The lowest BCUT2D eigenvalue weighted by Crippen LogP contribution is -2.38. The number of aliphatic carboxylic acids is 1. The highest BCUT2D eigenvalue weighted by Gasteiger charge is 2.26. The molecule has 0 aromatic carbocycles. The predicted octanol–water partition coefficient (Wildman–Crippen LogP) is -1.48. The van der Waals surface area contributed by atoms with E-state index in [0.717, 1.165) is 6.08 Å². The molecule has 0 aromatic rings. The molecular formula is C7H6ClO4-. The molecule has 0 aromatic heterocycles. The van der Waals surface area contributed by atoms with Crippen LogP contribution < -0.4 is 5.11 Å². The summed E-state index contributed by atoms with van der Waals surface area (Å²) in [4.78, 5) is 10.3. The first-order valence-electron chi connectivity index (χ1n) is 3.18. The zero-order valence-electron chi connectivity index (χ0n) is 5.90. The Balaban J connectivity index is 2.97. The maximum atomic E-state index is 10.3. The van der Waals surface area contributed by atoms with Crippen molar-refractivity contribution in [3.8, 4) is 0 Å². The smallest absolute Gasteiger partial charge is 0.120 e. The maximum absolute atomic E-state index is 10.3. The second-order valence-corrected chi connectivity index (χ2v) is 2.79. The van der Waals surface area contributed by atoms with Crippen LogP contribution in [0.15, 0.2) is 22.8 Å². The summed E-state index contributed by atoms with van der Waals surface area (Å²) in [5.41, 5.74) is -0.369. The highest BCUT2D eigenvalue weighted by Crippen LogP contribution is 2.21. The van der Waals surface area contributed by atoms with Crippen LogP contribution in [0, 0.1) is 0 Å². The van der Waals surface area contributed by atoms with E-state index in [4.69, 9.17) is 21.8 Å². The fourth-order valence-electron chi connectivity index (χ4n) is 0.876. The van der Waals surface area contributed by atoms with E-state index in [9.17, 15) is 9.90 Å². The Hall–Kier alpha value is -0.840. The Morgan fingerprint density at radius 1 is 1.42 bits per heavy atom. The third kappa shape index (κ3) is 1.50. The second kappa shape index (κ2) is 3.26. The zero-order chi connectivity index (χ0) is 9.30. The molecule has 2 atom stereocenters. The van der Waals surface area contributed by atoms with Gasteiger partial charge in [0.1, 0.15) is 12.2 Å². The van der Waals surface area contributed by atoms with Crippen LogP contribution in [-0.4, -0.2) is 28.4 Å². The number of aliphatic hydroxyl groups is 2. The summed E-state index contributed by atoms with van der Waals surface area (Å²) < 4.78 is 0. The van der Waals surface area contributed by atoms with Crippen molar-refractivity contribution in [2.45, 2.75) is 12.2 Å². The summed E-state index contributed by atoms with van der Waals surface area (Å²) in [5, 5.41) is 28.5. The third-order valence-corrected chi connectivity index (χ3v) is 1.91. The first-order chi connectivity index (χ1) is 5.54. The van der Waals surface area contributed by atoms with Crippen molar-refractivity contribution >= 4 is 17.6 Å². The van der Waals surface area contributed by atoms with Crippen molar-refractivity contribution in [3.63, 3.8) is 0 Å². The minimum atomic E-state index is -1.51. The molecule has 1 rings (SSSR count). The van der Waals surface area contributed by atoms with E-state index >= 15 is 0 Å². The minimum Gasteiger partial charge on any atom is -0.545 e. The molecule has 0 saturated heterocycles. The molecule has 1 aliphatic carbocycles. The van der Waals surface area contributed by atoms with E-state index in [2.05, 4.69) is 0 Å². The van der Waals surface area contributed by atoms with Gasteiger partial charge in [-0.25, -0.2) is 0 Å². The zero-order valence-corrected chi connectivity index (χ0v) is 6.65. The molecule has 2 N–H and O–H groups in total. The molecule has 0 unspecified atom stereocenters. The van der Waals surface area contributed by atoms with Crippen molar-refractivity contribution in [2.24, 2.45) is 0 Å². The van der Waals surface area contributed by atoms with E-state index in [1.165, 1.54) is 6.08 Å². The number of carboxylic acid groups (broad SMARTS) is 1. The lowest BCUT2D eigenvalue weighted by atomic mass is 9.99. The number of carboxylic acids is 1. The van der Waals surface area contributed by atoms with Crippen molar-refractivity contribution in [2.75, 3.05) is 0 Å². The van der Waals surface area contributed by atoms with Gasteiger partial charge in [0.25, 0.3) is 0 Å². The van der Waals surface area contributed by atoms with Crippen LogP contribution in [0.25, 0.3) is 0 Å². The maximum Gasteiger partial charge on any atom is 0.120 e. The first-order valence-corrected chi connectivity index (χ1v) is 3.56. The molecule has 0 amide bonds. The van der Waals surface area contributed by atoms with Crippen LogP contribution in [0.3, 0.4) is 0 Å². The molecule has 0 radical (unpaired) electrons. The van der Waals surface area contributed by atoms with Gasteiger partial charge in [-0.2, -0.15) is 0 Å². The minimum absolute atomic E-state index is 0.00694. The Morgan fingerprint density at radius 2 is 2.00 bits per heavy atom. The van der Waals surface area contributed by atoms with Gasteiger partial charge in [0.15, 0.2) is 0 Å². The highest BCUT2D eigenvalue weighted by atomic mass is 35.5. The molecule has 0 heterocycles. The highest BCUT2D eigenvalue weighted by molar-refractivity contribution is 6.30. The van der Waals surface area contributed by atoms with Crippen molar-refractivity contribution < 1.29 is 20.1 Å². The molecule has 66 valence electrons. The standard InChI is InChI=1S/C7H7ClO4/c8-4-2-1-3(7(11)12)5(9)6(4)10/h1-2,5-6,9-10H,(H,11,12)/p-1/t5-,6+/m1/s1. The van der Waals surface area contributed by atoms with Crippen LogP contribution in [0.1, 0.15) is 0 Å². The molecule has 1 aliphatic rings. The van der Waals surface area contributed by atoms with Gasteiger partial charge in [-0.15, -0.1) is 0 Å². The van der Waals surface area contributed by atoms with E-state index in [-0.39, 0.29) is 10.6 Å². The summed E-state index contributed by atoms with van der Waals surface area (Å²) in [5.74, 6) is -1.51. The lowest BCUT2D eigenvalue weighted by molar-refractivity contribution is -0.300. The summed E-state index contributed by atoms with van der Waals surface area (Å²) in [7, 11) is 0. The van der Waals surface area contributed by atoms with Crippen LogP contribution in [0.5, 0.6) is 0 Å². The molecule has 0 aliphatic heterocycles. The van der Waals surface area contributed by atoms with Gasteiger partial charge in [0, 0.05) is 10.6 Å². The normalized spacial score (nSPS) is 29.2. The molecule has 0 saturated carbocycles. The van der Waals surface area contributed by atoms with E-state index in [1.807, 2.05) is 0 Å². The van der Waals surface area contributed by atoms with E-state index in [1.54, 1.807) is 0 Å². The van der Waals surface area contributed by atoms with Gasteiger partial charge in [-0.05, 0) is 6.08 Å². The monoisotopic (exact) mass is 189 g/mol. The lowest BCUT2D eigenvalue weighted by Gasteiger charge is -2.23. The summed E-state index contributed by atoms with van der Waals surface area (Å²) >= 11 is 5.43. The number of rotatable bonds is 1. The van der Waals surface area contributed by atoms with Crippen molar-refractivity contribution in [1.82, 2.24) is 0 Å². The van der Waals surface area contributed by atoms with Crippen LogP contribution in [0.4, 0.5) is 0 Å². The molecule has 4 nitrogen and oxygen atoms in total. The Morgan fingerprint density at radius 3 is 2.50 bits per heavy atom. The molecule has 12 heavy (non-hydrogen) atoms. The van der Waals surface area contributed by atoms with Crippen LogP contribution in [0.2, 0.25) is 0 Å². The van der Waals surface area contributed by atoms with Gasteiger partial charge in [0.05, 0.1) is 5.97 Å². The quantitative estimate of drug-likeness (QED) is 0.527. The van der Waals surface area contributed by atoms with Crippen LogP contribution >= 0.6 is 11.6 Å². The van der Waals surface area contributed by atoms with E-state index in [0.29, 0.717) is 0 Å².